The van der Waals surface area contributed by atoms with Gasteiger partial charge in [0.05, 0.1) is 17.9 Å². The van der Waals surface area contributed by atoms with Crippen LogP contribution in [0.3, 0.4) is 0 Å². The van der Waals surface area contributed by atoms with Crippen molar-refractivity contribution < 1.29 is 63.4 Å². The number of aromatic hydroxyl groups is 1. The summed E-state index contributed by atoms with van der Waals surface area (Å²) in [5.74, 6) is -1.72. The van der Waals surface area contributed by atoms with Gasteiger partial charge in [-0.1, -0.05) is 16.9 Å². The first-order valence-electron chi connectivity index (χ1n) is 11.2. The van der Waals surface area contributed by atoms with E-state index in [4.69, 9.17) is 15.0 Å². The van der Waals surface area contributed by atoms with E-state index in [0.29, 0.717) is 22.1 Å². The maximum atomic E-state index is 13.0. The van der Waals surface area contributed by atoms with Crippen molar-refractivity contribution in [1.29, 1.82) is 0 Å². The number of carboxylic acid groups (broad SMARTS) is 1. The molecule has 4 N–H and O–H groups in total. The Hall–Kier alpha value is -3.02. The van der Waals surface area contributed by atoms with Gasteiger partial charge in [0.2, 0.25) is 0 Å². The van der Waals surface area contributed by atoms with Crippen LogP contribution >= 0.6 is 34.9 Å². The molecule has 4 heterocycles. The number of carbonyl (C=O) groups excluding carboxylic acids is 3. The monoisotopic (exact) mass is 610 g/mol. The molecule has 2 aromatic heterocycles. The molecular formula is C23H19N6NaO7S3. The number of hydrogen-bond acceptors (Lipinski definition) is 14. The Morgan fingerprint density at radius 1 is 1.38 bits per heavy atom. The van der Waals surface area contributed by atoms with E-state index in [2.05, 4.69) is 20.4 Å². The number of amides is 2. The first kappa shape index (κ1) is 30.0. The fourth-order valence-electron chi connectivity index (χ4n) is 3.92. The van der Waals surface area contributed by atoms with Gasteiger partial charge in [-0.3, -0.25) is 14.5 Å². The number of nitrogens with two attached hydrogens (primary N) is 1. The molecule has 1 saturated heterocycles. The number of carboxylic acids is 1. The van der Waals surface area contributed by atoms with E-state index < -0.39 is 29.2 Å². The van der Waals surface area contributed by atoms with Crippen LogP contribution < -0.4 is 45.7 Å². The normalized spacial score (nSPS) is 18.5. The number of anilines is 1. The van der Waals surface area contributed by atoms with Gasteiger partial charge < -0.3 is 35.3 Å². The number of nitrogens with zero attached hydrogens (tertiary/aromatic N) is 4. The van der Waals surface area contributed by atoms with Gasteiger partial charge in [0.25, 0.3) is 17.0 Å². The predicted octanol–water partition coefficient (Wildman–Crippen LogP) is -2.36. The standard InChI is InChI=1S/C23H20N6O7S3.Na/c1-35-28-15(13-9-38-22(24)26-13)18(31)27-16-19(32)29-17(21(33)34)11(7-37-20(16)29)8-39-23-25-6-14(36-23)10-2-4-12(30)5-3-10;/h2-6,9,16,20,30H,7-8H2,1H3,(H2,24,26)(H,27,31)(H,33,34);/q;+1/p-1/t16-,20+;/m1./s1. The van der Waals surface area contributed by atoms with Crippen LogP contribution in [0.5, 0.6) is 5.75 Å². The van der Waals surface area contributed by atoms with Gasteiger partial charge in [0, 0.05) is 22.4 Å². The summed E-state index contributed by atoms with van der Waals surface area (Å²) in [5, 5.41) is 29.2. The molecule has 0 radical (unpaired) electrons. The molecule has 2 amide bonds. The third-order valence-electron chi connectivity index (χ3n) is 5.70. The van der Waals surface area contributed by atoms with E-state index in [1.54, 1.807) is 12.1 Å². The number of aromatic nitrogens is 2. The molecule has 17 heteroatoms. The van der Waals surface area contributed by atoms with Crippen LogP contribution in [0.1, 0.15) is 5.69 Å². The number of benzene rings is 1. The molecule has 1 aromatic carbocycles. The average Bonchev–Trinajstić information content (AvgIpc) is 3.57. The van der Waals surface area contributed by atoms with Crippen molar-refractivity contribution in [3.8, 4) is 17.1 Å². The van der Waals surface area contributed by atoms with Crippen molar-refractivity contribution in [3.05, 3.63) is 52.8 Å². The zero-order valence-electron chi connectivity index (χ0n) is 21.0. The maximum absolute atomic E-state index is 13.0. The van der Waals surface area contributed by atoms with Crippen molar-refractivity contribution in [2.75, 3.05) is 24.3 Å². The summed E-state index contributed by atoms with van der Waals surface area (Å²) in [4.78, 5) is 52.0. The van der Waals surface area contributed by atoms with Gasteiger partial charge in [-0.25, -0.2) is 9.97 Å². The number of phenolic OH excluding ortho intramolecular Hbond substituents is 1. The summed E-state index contributed by atoms with van der Waals surface area (Å²) >= 11 is 3.59. The number of thioether (sulfide) groups is 2. The van der Waals surface area contributed by atoms with Gasteiger partial charge >= 0.3 is 29.6 Å². The number of phenols is 1. The molecule has 2 atom stereocenters. The first-order chi connectivity index (χ1) is 18.8. The van der Waals surface area contributed by atoms with E-state index in [1.165, 1.54) is 54.3 Å². The van der Waals surface area contributed by atoms with Crippen molar-refractivity contribution in [1.82, 2.24) is 20.2 Å². The summed E-state index contributed by atoms with van der Waals surface area (Å²) < 4.78 is 5.74. The molecule has 2 aliphatic rings. The van der Waals surface area contributed by atoms with Crippen molar-refractivity contribution >= 4 is 63.5 Å². The minimum atomic E-state index is -1.49. The summed E-state index contributed by atoms with van der Waals surface area (Å²) in [5.41, 5.74) is 6.61. The van der Waals surface area contributed by atoms with Gasteiger partial charge in [0.1, 0.15) is 30.0 Å². The molecule has 5 rings (SSSR count). The molecule has 0 bridgehead atoms. The zero-order chi connectivity index (χ0) is 27.7. The maximum Gasteiger partial charge on any atom is 1.00 e. The second-order valence-corrected chi connectivity index (χ2v) is 11.0. The SMILES string of the molecule is CON=C(C(=O)N[C@@H]1C(=O)N2C(C(=O)[O-])=C(CSc3ncc(-c4ccc(O)cc4)o3)CS[C@@H]12)c1csc(N)n1.[Na+]. The van der Waals surface area contributed by atoms with Gasteiger partial charge in [-0.15, -0.1) is 23.1 Å². The van der Waals surface area contributed by atoms with Crippen LogP contribution in [0.2, 0.25) is 0 Å². The number of hydrogen-bond donors (Lipinski definition) is 3. The number of β-lactam (4-membered cyclic amide) rings is 1. The molecule has 0 unspecified atom stereocenters. The number of rotatable bonds is 9. The molecule has 0 spiro atoms. The number of fused-ring (bicyclic) bond motifs is 1. The Bertz CT molecular complexity index is 1510. The van der Waals surface area contributed by atoms with Crippen LogP contribution in [0.4, 0.5) is 5.13 Å². The average molecular weight is 611 g/mol. The second-order valence-electron chi connectivity index (χ2n) is 8.12. The fourth-order valence-corrected chi connectivity index (χ4v) is 6.75. The van der Waals surface area contributed by atoms with Crippen LogP contribution in [-0.2, 0) is 19.2 Å². The first-order valence-corrected chi connectivity index (χ1v) is 14.1. The summed E-state index contributed by atoms with van der Waals surface area (Å²) in [6, 6.07) is 5.43. The predicted molar refractivity (Wildman–Crippen MR) is 141 cm³/mol. The third-order valence-corrected chi connectivity index (χ3v) is 8.64. The van der Waals surface area contributed by atoms with Crippen LogP contribution in [0.25, 0.3) is 11.3 Å². The van der Waals surface area contributed by atoms with E-state index in [-0.39, 0.29) is 69.0 Å². The van der Waals surface area contributed by atoms with Crippen molar-refractivity contribution in [3.63, 3.8) is 0 Å². The molecular weight excluding hydrogens is 591 g/mol. The van der Waals surface area contributed by atoms with Crippen molar-refractivity contribution in [2.24, 2.45) is 5.16 Å². The molecule has 13 nitrogen and oxygen atoms in total. The summed E-state index contributed by atoms with van der Waals surface area (Å²) in [6.07, 6.45) is 1.53. The number of carbonyl (C=O) groups is 3. The molecule has 0 saturated carbocycles. The van der Waals surface area contributed by atoms with E-state index >= 15 is 0 Å². The quantitative estimate of drug-likeness (QED) is 0.0767. The minimum absolute atomic E-state index is 0. The molecule has 40 heavy (non-hydrogen) atoms. The van der Waals surface area contributed by atoms with Gasteiger partial charge in [-0.05, 0) is 29.8 Å². The number of aliphatic carboxylic acids is 1. The fraction of sp³-hybridized carbons (Fsp3) is 0.217. The Labute approximate surface area is 261 Å². The van der Waals surface area contributed by atoms with E-state index in [0.717, 1.165) is 16.2 Å². The van der Waals surface area contributed by atoms with Crippen LogP contribution in [0, 0.1) is 0 Å². The largest absolute Gasteiger partial charge is 1.00 e. The Morgan fingerprint density at radius 3 is 2.77 bits per heavy atom. The molecule has 3 aromatic rings. The number of nitrogen functional groups attached to an aromatic ring is 1. The second kappa shape index (κ2) is 12.7. The van der Waals surface area contributed by atoms with Crippen LogP contribution in [-0.4, -0.2) is 73.5 Å². The van der Waals surface area contributed by atoms with E-state index in [1.807, 2.05) is 0 Å². The zero-order valence-corrected chi connectivity index (χ0v) is 25.5. The number of oxime groups is 1. The van der Waals surface area contributed by atoms with Gasteiger partial charge in [-0.2, -0.15) is 0 Å². The Kier molecular flexibility index (Phi) is 9.48. The Balaban J connectivity index is 0.00000370. The third kappa shape index (κ3) is 6.01. The Morgan fingerprint density at radius 2 is 2.12 bits per heavy atom. The topological polar surface area (TPSA) is 196 Å². The number of nitrogens with one attached hydrogen (secondary N) is 1. The molecule has 0 aliphatic carbocycles. The smallest absolute Gasteiger partial charge is 0.543 e. The molecule has 1 fully saturated rings. The number of thiazole rings is 1. The molecule has 202 valence electrons. The summed E-state index contributed by atoms with van der Waals surface area (Å²) in [7, 11) is 1.26. The van der Waals surface area contributed by atoms with Crippen LogP contribution in [0.15, 0.2) is 61.9 Å². The van der Waals surface area contributed by atoms with Gasteiger partial charge in [0.15, 0.2) is 16.6 Å². The van der Waals surface area contributed by atoms with Crippen molar-refractivity contribution in [2.45, 2.75) is 16.6 Å². The number of oxazole rings is 1. The minimum Gasteiger partial charge on any atom is -0.543 e. The summed E-state index contributed by atoms with van der Waals surface area (Å²) in [6.45, 7) is 0. The molecule has 2 aliphatic heterocycles. The van der Waals surface area contributed by atoms with E-state index in [9.17, 15) is 24.6 Å².